The average molecular weight is 399 g/mol. The van der Waals surface area contributed by atoms with Crippen LogP contribution in [-0.4, -0.2) is 38.2 Å². The van der Waals surface area contributed by atoms with Crippen molar-refractivity contribution in [2.24, 2.45) is 0 Å². The Kier molecular flexibility index (Phi) is 9.51. The maximum Gasteiger partial charge on any atom is 0.243 e. The zero-order valence-corrected chi connectivity index (χ0v) is 17.0. The van der Waals surface area contributed by atoms with Gasteiger partial charge in [-0.05, 0) is 61.9 Å². The molecule has 2 aromatic carbocycles. The number of rotatable bonds is 12. The summed E-state index contributed by atoms with van der Waals surface area (Å²) in [6.45, 7) is 5.78. The minimum atomic E-state index is -0.162. The highest BCUT2D eigenvalue weighted by molar-refractivity contribution is 5.94. The fourth-order valence-electron chi connectivity index (χ4n) is 2.51. The van der Waals surface area contributed by atoms with Gasteiger partial charge in [0.2, 0.25) is 11.8 Å². The predicted octanol–water partition coefficient (Wildman–Crippen LogP) is 3.89. The van der Waals surface area contributed by atoms with E-state index in [1.807, 2.05) is 38.1 Å². The summed E-state index contributed by atoms with van der Waals surface area (Å²) < 4.78 is 10.8. The van der Waals surface area contributed by atoms with Crippen molar-refractivity contribution >= 4 is 28.9 Å². The van der Waals surface area contributed by atoms with Gasteiger partial charge in [-0.1, -0.05) is 6.92 Å². The van der Waals surface area contributed by atoms with Gasteiger partial charge in [0.15, 0.2) is 0 Å². The number of carbonyl (C=O) groups excluding carboxylic acids is 2. The van der Waals surface area contributed by atoms with Crippen LogP contribution in [0.5, 0.6) is 5.75 Å². The molecule has 0 aliphatic carbocycles. The van der Waals surface area contributed by atoms with Gasteiger partial charge in [-0.25, -0.2) is 0 Å². The minimum absolute atomic E-state index is 0.0146. The van der Waals surface area contributed by atoms with Gasteiger partial charge >= 0.3 is 0 Å². The maximum absolute atomic E-state index is 12.1. The zero-order valence-electron chi connectivity index (χ0n) is 17.0. The molecule has 7 nitrogen and oxygen atoms in total. The Bertz CT molecular complexity index is 761. The minimum Gasteiger partial charge on any atom is -0.491 e. The molecule has 156 valence electrons. The van der Waals surface area contributed by atoms with Crippen molar-refractivity contribution in [2.45, 2.75) is 26.7 Å². The molecule has 2 rings (SSSR count). The number of benzene rings is 2. The van der Waals surface area contributed by atoms with Gasteiger partial charge < -0.3 is 25.4 Å². The summed E-state index contributed by atoms with van der Waals surface area (Å²) in [6, 6.07) is 14.5. The average Bonchev–Trinajstić information content (AvgIpc) is 2.72. The first-order valence-electron chi connectivity index (χ1n) is 9.85. The molecule has 0 aromatic heterocycles. The summed E-state index contributed by atoms with van der Waals surface area (Å²) in [4.78, 5) is 23.7. The Balaban J connectivity index is 1.73. The van der Waals surface area contributed by atoms with Crippen molar-refractivity contribution in [3.8, 4) is 5.75 Å². The Labute approximate surface area is 171 Å². The van der Waals surface area contributed by atoms with Crippen molar-refractivity contribution in [2.75, 3.05) is 42.3 Å². The molecule has 0 bridgehead atoms. The number of hydrogen-bond donors (Lipinski definition) is 3. The summed E-state index contributed by atoms with van der Waals surface area (Å²) in [5, 5.41) is 8.70. The number of anilines is 3. The van der Waals surface area contributed by atoms with E-state index in [1.54, 1.807) is 24.3 Å². The lowest BCUT2D eigenvalue weighted by molar-refractivity contribution is -0.116. The molecule has 0 heterocycles. The van der Waals surface area contributed by atoms with Crippen molar-refractivity contribution in [3.63, 3.8) is 0 Å². The number of nitrogens with one attached hydrogen (secondary N) is 3. The van der Waals surface area contributed by atoms with Gasteiger partial charge in [0, 0.05) is 30.1 Å². The van der Waals surface area contributed by atoms with Crippen LogP contribution in [0.4, 0.5) is 17.1 Å². The lowest BCUT2D eigenvalue weighted by Gasteiger charge is -2.10. The monoisotopic (exact) mass is 399 g/mol. The second-order valence-corrected chi connectivity index (χ2v) is 6.35. The Morgan fingerprint density at radius 2 is 1.38 bits per heavy atom. The molecule has 0 saturated carbocycles. The molecular weight excluding hydrogens is 370 g/mol. The maximum atomic E-state index is 12.1. The Morgan fingerprint density at radius 3 is 1.97 bits per heavy atom. The van der Waals surface area contributed by atoms with Gasteiger partial charge in [0.05, 0.1) is 13.2 Å². The highest BCUT2D eigenvalue weighted by Gasteiger charge is 2.04. The summed E-state index contributed by atoms with van der Waals surface area (Å²) in [7, 11) is 0. The molecule has 0 fully saturated rings. The molecule has 29 heavy (non-hydrogen) atoms. The molecule has 0 aliphatic rings. The van der Waals surface area contributed by atoms with E-state index in [9.17, 15) is 9.59 Å². The van der Waals surface area contributed by atoms with E-state index < -0.39 is 0 Å². The number of carbonyl (C=O) groups is 2. The second kappa shape index (κ2) is 12.4. The molecule has 0 saturated heterocycles. The molecule has 0 unspecified atom stereocenters. The molecule has 3 N–H and O–H groups in total. The molecular formula is C22H29N3O4. The van der Waals surface area contributed by atoms with Crippen LogP contribution < -0.4 is 20.7 Å². The van der Waals surface area contributed by atoms with E-state index in [-0.39, 0.29) is 18.4 Å². The first kappa shape index (κ1) is 22.2. The standard InChI is InChI=1S/C22H29N3O4/c1-3-5-21(26)24-18-6-8-19(9-7-18)25-22(27)16-23-17-10-12-20(13-11-17)29-15-14-28-4-2/h6-13,23H,3-5,14-16H2,1-2H3,(H,24,26)(H,25,27). The fraction of sp³-hybridized carbons (Fsp3) is 0.364. The van der Waals surface area contributed by atoms with Crippen molar-refractivity contribution < 1.29 is 19.1 Å². The highest BCUT2D eigenvalue weighted by atomic mass is 16.5. The molecule has 0 radical (unpaired) electrons. The highest BCUT2D eigenvalue weighted by Crippen LogP contribution is 2.16. The van der Waals surface area contributed by atoms with Crippen LogP contribution in [0.2, 0.25) is 0 Å². The van der Waals surface area contributed by atoms with Crippen molar-refractivity contribution in [3.05, 3.63) is 48.5 Å². The van der Waals surface area contributed by atoms with Gasteiger partial charge in [0.25, 0.3) is 0 Å². The number of ether oxygens (including phenoxy) is 2. The summed E-state index contributed by atoms with van der Waals surface area (Å²) >= 11 is 0. The first-order valence-corrected chi connectivity index (χ1v) is 9.85. The SMILES string of the molecule is CCCC(=O)Nc1ccc(NC(=O)CNc2ccc(OCCOCC)cc2)cc1. The molecule has 7 heteroatoms. The summed E-state index contributed by atoms with van der Waals surface area (Å²) in [5.74, 6) is 0.579. The number of hydrogen-bond acceptors (Lipinski definition) is 5. The van der Waals surface area contributed by atoms with E-state index in [4.69, 9.17) is 9.47 Å². The third-order valence-electron chi connectivity index (χ3n) is 3.94. The van der Waals surface area contributed by atoms with Crippen molar-refractivity contribution in [1.82, 2.24) is 0 Å². The van der Waals surface area contributed by atoms with Gasteiger partial charge in [-0.3, -0.25) is 9.59 Å². The largest absolute Gasteiger partial charge is 0.491 e. The van der Waals surface area contributed by atoms with E-state index >= 15 is 0 Å². The lowest BCUT2D eigenvalue weighted by atomic mass is 10.2. The molecule has 2 amide bonds. The molecule has 2 aromatic rings. The van der Waals surface area contributed by atoms with E-state index in [1.165, 1.54) is 0 Å². The second-order valence-electron chi connectivity index (χ2n) is 6.35. The normalized spacial score (nSPS) is 10.3. The number of amides is 2. The topological polar surface area (TPSA) is 88.7 Å². The van der Waals surface area contributed by atoms with Crippen LogP contribution in [0.3, 0.4) is 0 Å². The zero-order chi connectivity index (χ0) is 20.9. The smallest absolute Gasteiger partial charge is 0.243 e. The lowest BCUT2D eigenvalue weighted by Crippen LogP contribution is -2.21. The Morgan fingerprint density at radius 1 is 0.793 bits per heavy atom. The van der Waals surface area contributed by atoms with Gasteiger partial charge in [-0.15, -0.1) is 0 Å². The van der Waals surface area contributed by atoms with Crippen LogP contribution >= 0.6 is 0 Å². The van der Waals surface area contributed by atoms with Crippen LogP contribution in [0, 0.1) is 0 Å². The summed E-state index contributed by atoms with van der Waals surface area (Å²) in [5.41, 5.74) is 2.21. The Hall–Kier alpha value is -3.06. The van der Waals surface area contributed by atoms with Crippen LogP contribution in [0.25, 0.3) is 0 Å². The fourth-order valence-corrected chi connectivity index (χ4v) is 2.51. The van der Waals surface area contributed by atoms with E-state index in [2.05, 4.69) is 16.0 Å². The van der Waals surface area contributed by atoms with Crippen LogP contribution in [-0.2, 0) is 14.3 Å². The molecule has 0 atom stereocenters. The third kappa shape index (κ3) is 8.66. The molecule has 0 aliphatic heterocycles. The quantitative estimate of drug-likeness (QED) is 0.471. The first-order chi connectivity index (χ1) is 14.1. The van der Waals surface area contributed by atoms with E-state index in [0.29, 0.717) is 37.6 Å². The van der Waals surface area contributed by atoms with Crippen molar-refractivity contribution in [1.29, 1.82) is 0 Å². The van der Waals surface area contributed by atoms with Gasteiger partial charge in [-0.2, -0.15) is 0 Å². The van der Waals surface area contributed by atoms with Gasteiger partial charge in [0.1, 0.15) is 12.4 Å². The molecule has 0 spiro atoms. The third-order valence-corrected chi connectivity index (χ3v) is 3.94. The predicted molar refractivity (Wildman–Crippen MR) is 116 cm³/mol. The van der Waals surface area contributed by atoms with E-state index in [0.717, 1.165) is 17.9 Å². The van der Waals surface area contributed by atoms with Crippen LogP contribution in [0.15, 0.2) is 48.5 Å². The van der Waals surface area contributed by atoms with Crippen LogP contribution in [0.1, 0.15) is 26.7 Å². The summed E-state index contributed by atoms with van der Waals surface area (Å²) in [6.07, 6.45) is 1.29.